The van der Waals surface area contributed by atoms with E-state index in [9.17, 15) is 27.6 Å². The molecule has 3 fully saturated rings. The molecule has 0 radical (unpaired) electrons. The van der Waals surface area contributed by atoms with Gasteiger partial charge >= 0.3 is 18.4 Å². The van der Waals surface area contributed by atoms with E-state index in [1.54, 1.807) is 12.1 Å². The molecule has 68 heavy (non-hydrogen) atoms. The van der Waals surface area contributed by atoms with Gasteiger partial charge in [-0.25, -0.2) is 9.59 Å². The molecule has 4 N–H and O–H groups in total. The van der Waals surface area contributed by atoms with Gasteiger partial charge in [-0.15, -0.1) is 0 Å². The first-order valence-corrected chi connectivity index (χ1v) is 23.8. The molecule has 382 valence electrons. The van der Waals surface area contributed by atoms with Gasteiger partial charge in [0.05, 0.1) is 83.3 Å². The van der Waals surface area contributed by atoms with Crippen molar-refractivity contribution in [3.05, 3.63) is 89.5 Å². The maximum Gasteiger partial charge on any atom is 0.416 e. The summed E-state index contributed by atoms with van der Waals surface area (Å²) in [5.74, 6) is 0.177. The molecule has 0 saturated carbocycles. The molecule has 3 amide bonds. The minimum Gasteiger partial charge on any atom is -0.453 e. The molecule has 0 unspecified atom stereocenters. The minimum absolute atomic E-state index is 0. The summed E-state index contributed by atoms with van der Waals surface area (Å²) < 4.78 is 68.5. The number of anilines is 3. The monoisotopic (exact) mass is 962 g/mol. The number of ether oxygens (including phenoxy) is 5. The number of amides is 3. The van der Waals surface area contributed by atoms with Gasteiger partial charge in [-0.2, -0.15) is 13.2 Å². The number of nitrogens with one attached hydrogen (secondary N) is 4. The molecule has 6 rings (SSSR count). The maximum absolute atomic E-state index is 13.7. The fourth-order valence-corrected chi connectivity index (χ4v) is 9.16. The van der Waals surface area contributed by atoms with E-state index < -0.39 is 23.9 Å². The van der Waals surface area contributed by atoms with Crippen molar-refractivity contribution >= 4 is 35.2 Å². The van der Waals surface area contributed by atoms with Crippen molar-refractivity contribution in [1.29, 1.82) is 0 Å². The van der Waals surface area contributed by atoms with Crippen LogP contribution in [0.5, 0.6) is 0 Å². The number of likely N-dealkylation sites (tertiary alicyclic amines) is 2. The second kappa shape index (κ2) is 24.9. The second-order valence-corrected chi connectivity index (χ2v) is 18.5. The van der Waals surface area contributed by atoms with Gasteiger partial charge in [0.2, 0.25) is 5.91 Å². The molecule has 0 aromatic heterocycles. The van der Waals surface area contributed by atoms with Crippen molar-refractivity contribution in [3.63, 3.8) is 0 Å². The van der Waals surface area contributed by atoms with Gasteiger partial charge in [0.1, 0.15) is 6.73 Å². The quantitative estimate of drug-likeness (QED) is 0.0560. The largest absolute Gasteiger partial charge is 0.453 e. The minimum atomic E-state index is -4.45. The van der Waals surface area contributed by atoms with Gasteiger partial charge in [-0.05, 0) is 110 Å². The van der Waals surface area contributed by atoms with Crippen LogP contribution in [-0.2, 0) is 34.7 Å². The Hall–Kier alpha value is -5.14. The standard InChI is InChI=1S/C50H70F3N7O8.4H2/c1-33(2)42(56-48(62)64-5)28-67-31-58-25-7-9-41(58)27-66-30-54-38-17-11-35(12-18-38)44-23-24-45(60(44)40-21-15-37(16-22-40)50(51,52)53)36-13-19-39(20-14-36)55-47(61)46-10-8-26-59(46)32-68-29-43(34(3)4)57-49(63)65-6;;;;/h11-22,33-34,41-46,54H,7-10,23-32H2,1-6H3,(H,55,61)(H,56,62)(H,57,63);4*1H/t41-,42+,43+,44+,45+,46-;;;;/m0..../s1. The van der Waals surface area contributed by atoms with Gasteiger partial charge in [0, 0.05) is 41.9 Å². The smallest absolute Gasteiger partial charge is 0.416 e. The predicted octanol–water partition coefficient (Wildman–Crippen LogP) is 9.73. The van der Waals surface area contributed by atoms with Crippen LogP contribution in [0.4, 0.5) is 39.8 Å². The molecule has 0 bridgehead atoms. The average molecular weight is 962 g/mol. The molecule has 3 aromatic rings. The molecule has 3 aliphatic heterocycles. The summed E-state index contributed by atoms with van der Waals surface area (Å²) in [6.07, 6.45) is -0.315. The summed E-state index contributed by atoms with van der Waals surface area (Å²) in [5.41, 5.74) is 3.54. The van der Waals surface area contributed by atoms with Crippen LogP contribution in [0.1, 0.15) is 101 Å². The SMILES string of the molecule is COC(=O)N[C@H](COCN1CCC[C@H]1COCNc1ccc([C@H]2CC[C@H](c3ccc(NC(=O)[C@@H]4CCCN4COC[C@@H](NC(=O)OC)C(C)C)cc3)N2c2ccc(C(F)(F)F)cc2)cc1)C(C)C.[HH].[HH].[HH].[HH]. The summed E-state index contributed by atoms with van der Waals surface area (Å²) >= 11 is 0. The zero-order valence-corrected chi connectivity index (χ0v) is 40.2. The number of alkyl halides is 3. The Morgan fingerprint density at radius 3 is 1.72 bits per heavy atom. The maximum atomic E-state index is 13.7. The van der Waals surface area contributed by atoms with Crippen LogP contribution in [-0.4, -0.2) is 119 Å². The number of nitrogens with zero attached hydrogens (tertiary/aromatic N) is 3. The van der Waals surface area contributed by atoms with E-state index in [2.05, 4.69) is 43.2 Å². The Labute approximate surface area is 404 Å². The first-order chi connectivity index (χ1) is 32.6. The van der Waals surface area contributed by atoms with Crippen LogP contribution < -0.4 is 26.2 Å². The van der Waals surface area contributed by atoms with Crippen LogP contribution in [0, 0.1) is 11.8 Å². The van der Waals surface area contributed by atoms with Gasteiger partial charge in [-0.3, -0.25) is 14.6 Å². The molecular formula is C50H78F3N7O8. The normalized spacial score (nSPS) is 21.0. The average Bonchev–Trinajstić information content (AvgIpc) is 4.10. The Balaban J connectivity index is 0.00000444. The number of hydrogen-bond donors (Lipinski definition) is 4. The number of methoxy groups -OCH3 is 2. The number of hydrogen-bond acceptors (Lipinski definition) is 12. The highest BCUT2D eigenvalue weighted by Crippen LogP contribution is 2.47. The third kappa shape index (κ3) is 14.4. The molecule has 6 atom stereocenters. The molecule has 3 aromatic carbocycles. The van der Waals surface area contributed by atoms with E-state index in [1.165, 1.54) is 14.2 Å². The zero-order chi connectivity index (χ0) is 48.8. The van der Waals surface area contributed by atoms with E-state index >= 15 is 0 Å². The Bertz CT molecular complexity index is 2070. The number of carbonyl (C=O) groups is 3. The van der Waals surface area contributed by atoms with Crippen LogP contribution in [0.2, 0.25) is 0 Å². The Morgan fingerprint density at radius 1 is 0.676 bits per heavy atom. The van der Waals surface area contributed by atoms with Gasteiger partial charge in [0.25, 0.3) is 0 Å². The van der Waals surface area contributed by atoms with Crippen molar-refractivity contribution < 1.29 is 56.9 Å². The van der Waals surface area contributed by atoms with Crippen molar-refractivity contribution in [2.45, 2.75) is 109 Å². The van der Waals surface area contributed by atoms with E-state index in [4.69, 9.17) is 23.7 Å². The van der Waals surface area contributed by atoms with Crippen LogP contribution in [0.15, 0.2) is 72.8 Å². The zero-order valence-electron chi connectivity index (χ0n) is 40.2. The van der Waals surface area contributed by atoms with E-state index in [0.29, 0.717) is 51.0 Å². The third-order valence-electron chi connectivity index (χ3n) is 13.3. The lowest BCUT2D eigenvalue weighted by molar-refractivity contribution is -0.137. The summed E-state index contributed by atoms with van der Waals surface area (Å²) in [5, 5.41) is 12.1. The molecule has 0 spiro atoms. The predicted molar refractivity (Wildman–Crippen MR) is 262 cm³/mol. The highest BCUT2D eigenvalue weighted by molar-refractivity contribution is 5.95. The van der Waals surface area contributed by atoms with Gasteiger partial charge < -0.3 is 49.9 Å². The molecule has 18 heteroatoms. The lowest BCUT2D eigenvalue weighted by Crippen LogP contribution is -2.44. The molecule has 15 nitrogen and oxygen atoms in total. The Morgan fingerprint density at radius 2 is 1.19 bits per heavy atom. The molecular weight excluding hydrogens is 884 g/mol. The summed E-state index contributed by atoms with van der Waals surface area (Å²) in [4.78, 5) is 43.5. The first-order valence-electron chi connectivity index (χ1n) is 23.8. The molecule has 3 heterocycles. The van der Waals surface area contributed by atoms with Crippen LogP contribution >= 0.6 is 0 Å². The third-order valence-corrected chi connectivity index (χ3v) is 13.3. The first kappa shape index (κ1) is 52.2. The van der Waals surface area contributed by atoms with E-state index in [-0.39, 0.29) is 73.0 Å². The summed E-state index contributed by atoms with van der Waals surface area (Å²) in [7, 11) is 2.66. The number of halogens is 3. The van der Waals surface area contributed by atoms with E-state index in [0.717, 1.165) is 67.6 Å². The van der Waals surface area contributed by atoms with Gasteiger partial charge in [0.15, 0.2) is 0 Å². The number of alkyl carbamates (subject to hydrolysis) is 2. The fourth-order valence-electron chi connectivity index (χ4n) is 9.16. The molecule has 0 aliphatic carbocycles. The number of benzene rings is 3. The highest BCUT2D eigenvalue weighted by Gasteiger charge is 2.37. The summed E-state index contributed by atoms with van der Waals surface area (Å²) in [6, 6.07) is 20.4. The van der Waals surface area contributed by atoms with Crippen molar-refractivity contribution in [2.75, 3.05) is 82.9 Å². The Kier molecular flexibility index (Phi) is 19.2. The number of carbonyl (C=O) groups excluding carboxylic acids is 3. The molecule has 3 aliphatic rings. The highest BCUT2D eigenvalue weighted by atomic mass is 19.4. The lowest BCUT2D eigenvalue weighted by Gasteiger charge is -2.33. The van der Waals surface area contributed by atoms with Crippen LogP contribution in [0.25, 0.3) is 0 Å². The number of rotatable bonds is 22. The molecule has 3 saturated heterocycles. The van der Waals surface area contributed by atoms with Crippen molar-refractivity contribution in [1.82, 2.24) is 20.4 Å². The van der Waals surface area contributed by atoms with Crippen molar-refractivity contribution in [3.8, 4) is 0 Å². The topological polar surface area (TPSA) is 155 Å². The van der Waals surface area contributed by atoms with Crippen LogP contribution in [0.3, 0.4) is 0 Å². The van der Waals surface area contributed by atoms with Gasteiger partial charge in [-0.1, -0.05) is 52.0 Å². The summed E-state index contributed by atoms with van der Waals surface area (Å²) in [6.45, 7) is 11.8. The lowest BCUT2D eigenvalue weighted by atomic mass is 10.0. The fraction of sp³-hybridized carbons (Fsp3) is 0.580. The second-order valence-electron chi connectivity index (χ2n) is 18.5. The van der Waals surface area contributed by atoms with E-state index in [1.807, 2.05) is 69.0 Å². The van der Waals surface area contributed by atoms with Crippen molar-refractivity contribution in [2.24, 2.45) is 11.8 Å².